The summed E-state index contributed by atoms with van der Waals surface area (Å²) in [6, 6.07) is 9.30. The molecule has 0 bridgehead atoms. The molecule has 6 unspecified atom stereocenters. The van der Waals surface area contributed by atoms with Crippen molar-refractivity contribution >= 4 is 69.8 Å². The number of aromatic hydroxyl groups is 1. The van der Waals surface area contributed by atoms with E-state index in [4.69, 9.17) is 34.8 Å². The van der Waals surface area contributed by atoms with Gasteiger partial charge in [0.2, 0.25) is 11.8 Å². The maximum Gasteiger partial charge on any atom is 0.269 e. The van der Waals surface area contributed by atoms with Crippen LogP contribution >= 0.6 is 34.8 Å². The van der Waals surface area contributed by atoms with Crippen molar-refractivity contribution in [1.82, 2.24) is 4.90 Å². The van der Waals surface area contributed by atoms with Crippen molar-refractivity contribution in [3.05, 3.63) is 74.8 Å². The first kappa shape index (κ1) is 26.7. The number of carbonyl (C=O) groups excluding carboxylic acids is 4. The van der Waals surface area contributed by atoms with E-state index >= 15 is 0 Å². The average Bonchev–Trinajstić information content (AvgIpc) is 3.25. The Morgan fingerprint density at radius 3 is 2.33 bits per heavy atom. The molecule has 1 N–H and O–H groups in total. The number of amides is 4. The summed E-state index contributed by atoms with van der Waals surface area (Å²) in [5.41, 5.74) is 0.655. The molecule has 6 rings (SSSR count). The summed E-state index contributed by atoms with van der Waals surface area (Å²) >= 11 is 20.4. The van der Waals surface area contributed by atoms with Gasteiger partial charge in [-0.15, -0.1) is 23.2 Å². The van der Waals surface area contributed by atoms with Crippen molar-refractivity contribution in [3.63, 3.8) is 0 Å². The van der Waals surface area contributed by atoms with Crippen molar-refractivity contribution in [3.8, 4) is 5.75 Å². The molecule has 2 aromatic carbocycles. The van der Waals surface area contributed by atoms with Crippen molar-refractivity contribution in [2.24, 2.45) is 17.8 Å². The van der Waals surface area contributed by atoms with Gasteiger partial charge in [-0.25, -0.2) is 0 Å². The number of likely N-dealkylation sites (tertiary alicyclic amines) is 1. The smallest absolute Gasteiger partial charge is 0.269 e. The highest BCUT2D eigenvalue weighted by atomic mass is 35.5. The third kappa shape index (κ3) is 3.30. The fraction of sp³-hybridized carbons (Fsp3) is 0.333. The Balaban J connectivity index is 1.50. The lowest BCUT2D eigenvalue weighted by atomic mass is 9.56. The fourth-order valence-electron chi connectivity index (χ4n) is 6.82. The molecule has 0 radical (unpaired) electrons. The van der Waals surface area contributed by atoms with E-state index in [9.17, 15) is 34.4 Å². The minimum Gasteiger partial charge on any atom is -0.508 e. The standard InChI is InChI=1S/C27H20Cl3N3O7/c1-31-24(37)26(29)11-18-15(21(27(26,30)25(31)38)17-10-12(28)2-9-19(17)34)7-8-16-20(18)23(36)32(22(16)35)13-3-5-14(6-4-13)33(39)40/h2-7,9-10,16,18,20-21,34H,8,11H2,1H3. The third-order valence-corrected chi connectivity index (χ3v) is 10.3. The van der Waals surface area contributed by atoms with Gasteiger partial charge in [0.1, 0.15) is 5.75 Å². The molecule has 0 spiro atoms. The second kappa shape index (κ2) is 8.76. The van der Waals surface area contributed by atoms with Crippen molar-refractivity contribution in [2.75, 3.05) is 11.9 Å². The maximum atomic E-state index is 13.9. The molecule has 0 aromatic heterocycles. The number of hydrogen-bond acceptors (Lipinski definition) is 7. The van der Waals surface area contributed by atoms with Gasteiger partial charge in [-0.2, -0.15) is 0 Å². The summed E-state index contributed by atoms with van der Waals surface area (Å²) in [6.45, 7) is 0. The van der Waals surface area contributed by atoms with E-state index in [0.29, 0.717) is 5.57 Å². The van der Waals surface area contributed by atoms with E-state index in [1.54, 1.807) is 6.08 Å². The molecule has 13 heteroatoms. The van der Waals surface area contributed by atoms with Crippen LogP contribution in [-0.2, 0) is 19.2 Å². The molecule has 3 fully saturated rings. The quantitative estimate of drug-likeness (QED) is 0.183. The summed E-state index contributed by atoms with van der Waals surface area (Å²) in [5, 5.41) is 22.2. The Morgan fingerprint density at radius 1 is 1.00 bits per heavy atom. The lowest BCUT2D eigenvalue weighted by Crippen LogP contribution is -2.60. The van der Waals surface area contributed by atoms with Gasteiger partial charge in [0.25, 0.3) is 17.5 Å². The number of anilines is 1. The number of rotatable bonds is 3. The predicted molar refractivity (Wildman–Crippen MR) is 144 cm³/mol. The molecule has 10 nitrogen and oxygen atoms in total. The van der Waals surface area contributed by atoms with Crippen LogP contribution in [0.3, 0.4) is 0 Å². The van der Waals surface area contributed by atoms with Crippen LogP contribution in [0.25, 0.3) is 0 Å². The molecule has 40 heavy (non-hydrogen) atoms. The fourth-order valence-corrected chi connectivity index (χ4v) is 8.02. The number of phenols is 1. The van der Waals surface area contributed by atoms with Crippen LogP contribution < -0.4 is 4.90 Å². The van der Waals surface area contributed by atoms with Crippen LogP contribution in [0.15, 0.2) is 54.1 Å². The number of phenolic OH excluding ortho intramolecular Hbond substituents is 1. The number of hydrogen-bond donors (Lipinski definition) is 1. The topological polar surface area (TPSA) is 138 Å². The van der Waals surface area contributed by atoms with E-state index in [-0.39, 0.29) is 40.6 Å². The summed E-state index contributed by atoms with van der Waals surface area (Å²) in [4.78, 5) is 62.8. The second-order valence-electron chi connectivity index (χ2n) is 10.5. The van der Waals surface area contributed by atoms with Crippen molar-refractivity contribution in [1.29, 1.82) is 0 Å². The lowest BCUT2D eigenvalue weighted by Gasteiger charge is -2.50. The molecule has 206 valence electrons. The van der Waals surface area contributed by atoms with Gasteiger partial charge >= 0.3 is 0 Å². The highest BCUT2D eigenvalue weighted by molar-refractivity contribution is 6.53. The maximum absolute atomic E-state index is 13.9. The Kier molecular flexibility index (Phi) is 5.86. The number of halogens is 3. The van der Waals surface area contributed by atoms with Crippen LogP contribution in [0.5, 0.6) is 5.75 Å². The first-order valence-corrected chi connectivity index (χ1v) is 13.5. The predicted octanol–water partition coefficient (Wildman–Crippen LogP) is 4.15. The van der Waals surface area contributed by atoms with Crippen LogP contribution in [-0.4, -0.2) is 55.4 Å². The van der Waals surface area contributed by atoms with E-state index in [1.165, 1.54) is 49.5 Å². The number of alkyl halides is 2. The highest BCUT2D eigenvalue weighted by Gasteiger charge is 2.76. The van der Waals surface area contributed by atoms with Crippen molar-refractivity contribution in [2.45, 2.75) is 28.5 Å². The minimum atomic E-state index is -2.04. The van der Waals surface area contributed by atoms with Crippen LogP contribution in [0, 0.1) is 27.9 Å². The number of nitro benzene ring substituents is 1. The molecular formula is C27H20Cl3N3O7. The molecule has 2 aromatic rings. The Morgan fingerprint density at radius 2 is 1.68 bits per heavy atom. The molecule has 1 saturated carbocycles. The SMILES string of the molecule is CN1C(=O)C2(Cl)CC3C(=CCC4C(=O)N(c5ccc([N+](=O)[O-])cc5)C(=O)C43)C(c3cc(Cl)ccc3O)C2(Cl)C1=O. The normalized spacial score (nSPS) is 33.0. The summed E-state index contributed by atoms with van der Waals surface area (Å²) in [6.07, 6.45) is 1.66. The van der Waals surface area contributed by atoms with Gasteiger partial charge in [0.15, 0.2) is 9.75 Å². The number of nitrogens with zero attached hydrogens (tertiary/aromatic N) is 3. The van der Waals surface area contributed by atoms with Crippen LogP contribution in [0.4, 0.5) is 11.4 Å². The molecule has 4 amide bonds. The first-order chi connectivity index (χ1) is 18.8. The largest absolute Gasteiger partial charge is 0.508 e. The highest BCUT2D eigenvalue weighted by Crippen LogP contribution is 2.66. The zero-order valence-electron chi connectivity index (χ0n) is 20.7. The molecule has 6 atom stereocenters. The zero-order chi connectivity index (χ0) is 28.9. The lowest BCUT2D eigenvalue weighted by molar-refractivity contribution is -0.384. The number of benzene rings is 2. The zero-order valence-corrected chi connectivity index (χ0v) is 23.0. The monoisotopic (exact) mass is 603 g/mol. The van der Waals surface area contributed by atoms with Crippen molar-refractivity contribution < 1.29 is 29.2 Å². The molecule has 2 aliphatic carbocycles. The number of fused-ring (bicyclic) bond motifs is 4. The average molecular weight is 605 g/mol. The second-order valence-corrected chi connectivity index (χ2v) is 12.2. The molecule has 2 aliphatic heterocycles. The van der Waals surface area contributed by atoms with Crippen LogP contribution in [0.1, 0.15) is 24.3 Å². The Bertz CT molecular complexity index is 1580. The summed E-state index contributed by atoms with van der Waals surface area (Å²) < 4.78 is 0. The number of carbonyl (C=O) groups is 4. The van der Waals surface area contributed by atoms with E-state index in [1.807, 2.05) is 0 Å². The summed E-state index contributed by atoms with van der Waals surface area (Å²) in [5.74, 6) is -6.42. The molecule has 4 aliphatic rings. The third-order valence-electron chi connectivity index (χ3n) is 8.63. The van der Waals surface area contributed by atoms with Gasteiger partial charge in [-0.1, -0.05) is 23.3 Å². The Labute approximate surface area is 242 Å². The van der Waals surface area contributed by atoms with E-state index in [2.05, 4.69) is 0 Å². The minimum absolute atomic E-state index is 0.128. The number of allylic oxidation sites excluding steroid dienone is 2. The van der Waals surface area contributed by atoms with Gasteiger partial charge in [-0.05, 0) is 49.1 Å². The van der Waals surface area contributed by atoms with Gasteiger partial charge in [0.05, 0.1) is 22.4 Å². The van der Waals surface area contributed by atoms with Gasteiger partial charge in [0, 0.05) is 35.7 Å². The summed E-state index contributed by atoms with van der Waals surface area (Å²) in [7, 11) is 1.27. The van der Waals surface area contributed by atoms with Crippen LogP contribution in [0.2, 0.25) is 5.02 Å². The Hall–Kier alpha value is -3.47. The van der Waals surface area contributed by atoms with E-state index in [0.717, 1.165) is 9.80 Å². The molecular weight excluding hydrogens is 585 g/mol. The van der Waals surface area contributed by atoms with E-state index < -0.39 is 62.0 Å². The van der Waals surface area contributed by atoms with Gasteiger partial charge < -0.3 is 5.11 Å². The number of nitro groups is 1. The van der Waals surface area contributed by atoms with Gasteiger partial charge in [-0.3, -0.25) is 39.1 Å². The first-order valence-electron chi connectivity index (χ1n) is 12.3. The molecule has 2 heterocycles. The number of imide groups is 2. The number of non-ortho nitro benzene ring substituents is 1. The molecule has 2 saturated heterocycles.